The molecule has 15 rings (SSSR count). The third-order valence-electron chi connectivity index (χ3n) is 25.0. The zero-order valence-electron chi connectivity index (χ0n) is 71.8. The molecule has 122 heavy (non-hydrogen) atoms. The van der Waals surface area contributed by atoms with Crippen molar-refractivity contribution in [3.63, 3.8) is 0 Å². The van der Waals surface area contributed by atoms with Crippen LogP contribution in [0.15, 0.2) is 205 Å². The van der Waals surface area contributed by atoms with Gasteiger partial charge < -0.3 is 70.3 Å². The van der Waals surface area contributed by atoms with Crippen LogP contribution < -0.4 is 50.5 Å². The number of hydrogen-bond acceptors (Lipinski definition) is 19. The zero-order valence-corrected chi connectivity index (χ0v) is 72.6. The standard InChI is InChI=1S/2C34H41N5O2.C30H34N6O3S/c2*1-24-20-25(2)30(36-27-14-16-37(17-15-27)31-13-9-8-10-26(31)22-35)21-29(24)33(40)38-18-19-39(28-11-6-5-7-12-28)32(23-38)34(3,4)41;1-22-10-11-25(33-24-12-14-34(15-13-24)27-7-3-2-6-23(27)21-31)20-26(22)30(37)36-18-16-35(17-19-36)28-8-4-5-9-29(28)40(32,38)39/h2*5-13,20-21,27,32,36,41H,14-19,23H2,1-4H3;2-11,20,24,33H,12-19H2,1H3,(H2,32,38,39)/t2*32-;/m10./s1. The van der Waals surface area contributed by atoms with E-state index in [1.54, 1.807) is 18.2 Å². The smallest absolute Gasteiger partial charge is 0.254 e. The Labute approximate surface area is 720 Å². The number of nitrogens with two attached hydrogens (primary N) is 1. The van der Waals surface area contributed by atoms with Crippen molar-refractivity contribution in [1.29, 1.82) is 15.8 Å². The fraction of sp³-hybridized carbons (Fsp3) is 0.388. The first kappa shape index (κ1) is 87.7. The number of piperidine rings is 3. The maximum Gasteiger partial charge on any atom is 0.254 e. The third-order valence-corrected chi connectivity index (χ3v) is 25.9. The summed E-state index contributed by atoms with van der Waals surface area (Å²) in [6.07, 6.45) is 5.66. The van der Waals surface area contributed by atoms with Crippen molar-refractivity contribution in [1.82, 2.24) is 14.7 Å². The van der Waals surface area contributed by atoms with Crippen LogP contribution in [0.5, 0.6) is 0 Å². The van der Waals surface area contributed by atoms with Gasteiger partial charge in [0.1, 0.15) is 23.1 Å². The van der Waals surface area contributed by atoms with Crippen molar-refractivity contribution in [2.24, 2.45) is 5.14 Å². The van der Waals surface area contributed by atoms with Crippen LogP contribution in [0.2, 0.25) is 0 Å². The minimum atomic E-state index is -3.84. The van der Waals surface area contributed by atoms with Gasteiger partial charge in [-0.05, 0) is 226 Å². The number of benzene rings is 9. The number of hydrogen-bond donors (Lipinski definition) is 6. The molecule has 7 N–H and O–H groups in total. The second-order valence-electron chi connectivity index (χ2n) is 34.3. The Hall–Kier alpha value is -12.1. The first-order valence-corrected chi connectivity index (χ1v) is 44.3. The van der Waals surface area contributed by atoms with Gasteiger partial charge in [-0.1, -0.05) is 103 Å². The van der Waals surface area contributed by atoms with Gasteiger partial charge in [-0.15, -0.1) is 0 Å². The number of aryl methyl sites for hydroxylation is 5. The van der Waals surface area contributed by atoms with Gasteiger partial charge in [0.05, 0.1) is 62.7 Å². The normalized spacial score (nSPS) is 17.7. The molecule has 2 atom stereocenters. The molecule has 9 aromatic rings. The van der Waals surface area contributed by atoms with Crippen LogP contribution >= 0.6 is 0 Å². The van der Waals surface area contributed by atoms with Crippen molar-refractivity contribution in [3.8, 4) is 18.2 Å². The topological polar surface area (TPSA) is 288 Å². The van der Waals surface area contributed by atoms with Gasteiger partial charge in [0.2, 0.25) is 10.0 Å². The lowest BCUT2D eigenvalue weighted by molar-refractivity contribution is 0.0218. The molecule has 6 fully saturated rings. The van der Waals surface area contributed by atoms with Gasteiger partial charge in [-0.25, -0.2) is 13.6 Å². The maximum absolute atomic E-state index is 13.9. The lowest BCUT2D eigenvalue weighted by Crippen LogP contribution is -2.62. The largest absolute Gasteiger partial charge is 0.388 e. The zero-order chi connectivity index (χ0) is 86.6. The van der Waals surface area contributed by atoms with Gasteiger partial charge >= 0.3 is 0 Å². The summed E-state index contributed by atoms with van der Waals surface area (Å²) in [5.74, 6) is -0.00524. The first-order chi connectivity index (χ1) is 58.5. The van der Waals surface area contributed by atoms with Gasteiger partial charge in [-0.3, -0.25) is 14.4 Å². The molecule has 6 aliphatic rings. The second kappa shape index (κ2) is 38.7. The number of anilines is 9. The van der Waals surface area contributed by atoms with Gasteiger partial charge in [0.15, 0.2) is 0 Å². The Bertz CT molecular complexity index is 5210. The van der Waals surface area contributed by atoms with E-state index in [4.69, 9.17) is 5.14 Å². The van der Waals surface area contributed by atoms with Gasteiger partial charge in [-0.2, -0.15) is 15.8 Å². The highest BCUT2D eigenvalue weighted by Gasteiger charge is 2.42. The molecule has 3 amide bonds. The number of carbonyl (C=O) groups is 3. The number of nitrogens with zero attached hydrogens (tertiary/aromatic N) is 12. The summed E-state index contributed by atoms with van der Waals surface area (Å²) < 4.78 is 24.1. The van der Waals surface area contributed by atoms with E-state index in [1.165, 1.54) is 6.07 Å². The van der Waals surface area contributed by atoms with Gasteiger partial charge in [0.25, 0.3) is 17.7 Å². The number of carbonyl (C=O) groups excluding carboxylic acids is 3. The molecule has 0 saturated carbocycles. The van der Waals surface area contributed by atoms with Crippen molar-refractivity contribution in [2.45, 2.75) is 147 Å². The van der Waals surface area contributed by atoms with E-state index < -0.39 is 21.2 Å². The van der Waals surface area contributed by atoms with Crippen molar-refractivity contribution >= 4 is 78.9 Å². The highest BCUT2D eigenvalue weighted by atomic mass is 32.2. The second-order valence-corrected chi connectivity index (χ2v) is 35.8. The summed E-state index contributed by atoms with van der Waals surface area (Å²) in [7, 11) is -3.84. The molecule has 0 radical (unpaired) electrons. The number of primary sulfonamides is 1. The van der Waals surface area contributed by atoms with Crippen molar-refractivity contribution in [3.05, 3.63) is 261 Å². The van der Waals surface area contributed by atoms with E-state index in [-0.39, 0.29) is 40.7 Å². The molecular formula is C98H116N16O7S. The summed E-state index contributed by atoms with van der Waals surface area (Å²) in [6.45, 7) is 28.0. The molecule has 0 aliphatic carbocycles. The van der Waals surface area contributed by atoms with Crippen LogP contribution in [0.4, 0.5) is 51.2 Å². The van der Waals surface area contributed by atoms with Crippen LogP contribution in [0.1, 0.15) is 142 Å². The highest BCUT2D eigenvalue weighted by Crippen LogP contribution is 2.36. The molecule has 0 unspecified atom stereocenters. The van der Waals surface area contributed by atoms with Crippen LogP contribution in [0.3, 0.4) is 0 Å². The Morgan fingerprint density at radius 3 is 1.08 bits per heavy atom. The molecule has 0 spiro atoms. The Kier molecular flexibility index (Phi) is 27.8. The summed E-state index contributed by atoms with van der Waals surface area (Å²) in [6, 6.07) is 71.8. The predicted molar refractivity (Wildman–Crippen MR) is 489 cm³/mol. The lowest BCUT2D eigenvalue weighted by atomic mass is 9.93. The number of sulfonamides is 1. The molecule has 636 valence electrons. The number of amides is 3. The predicted octanol–water partition coefficient (Wildman–Crippen LogP) is 14.3. The van der Waals surface area contributed by atoms with Crippen LogP contribution in [0, 0.1) is 68.6 Å². The summed E-state index contributed by atoms with van der Waals surface area (Å²) in [5.41, 5.74) is 16.0. The number of nitrogens with one attached hydrogen (secondary N) is 3. The summed E-state index contributed by atoms with van der Waals surface area (Å²) in [4.78, 5) is 60.3. The molecule has 0 bridgehead atoms. The highest BCUT2D eigenvalue weighted by molar-refractivity contribution is 7.89. The number of piperazine rings is 3. The average Bonchev–Trinajstić information content (AvgIpc) is 0.783. The Morgan fingerprint density at radius 1 is 0.377 bits per heavy atom. The molecule has 24 heteroatoms. The number of para-hydroxylation sites is 6. The van der Waals surface area contributed by atoms with Crippen LogP contribution in [-0.2, 0) is 10.0 Å². The molecule has 6 heterocycles. The van der Waals surface area contributed by atoms with E-state index in [0.717, 1.165) is 151 Å². The van der Waals surface area contributed by atoms with E-state index in [1.807, 2.05) is 208 Å². The Morgan fingerprint density at radius 2 is 0.705 bits per heavy atom. The van der Waals surface area contributed by atoms with E-state index >= 15 is 0 Å². The number of aliphatic hydroxyl groups is 2. The summed E-state index contributed by atoms with van der Waals surface area (Å²) >= 11 is 0. The molecule has 9 aromatic carbocycles. The van der Waals surface area contributed by atoms with Crippen molar-refractivity contribution < 1.29 is 33.0 Å². The molecule has 0 aromatic heterocycles. The number of nitriles is 3. The number of rotatable bonds is 18. The monoisotopic (exact) mass is 1660 g/mol. The average molecular weight is 1660 g/mol. The molecule has 6 saturated heterocycles. The maximum atomic E-state index is 13.9. The first-order valence-electron chi connectivity index (χ1n) is 42.7. The molecule has 6 aliphatic heterocycles. The molecule has 23 nitrogen and oxygen atoms in total. The fourth-order valence-electron chi connectivity index (χ4n) is 18.0. The van der Waals surface area contributed by atoms with Gasteiger partial charge in [0, 0.05) is 168 Å². The van der Waals surface area contributed by atoms with E-state index in [2.05, 4.69) is 109 Å². The minimum absolute atomic E-state index is 0.00967. The SMILES string of the molecule is Cc1cc(C)c(C(=O)N2CCN(c3ccccc3)[C@@H](C(C)(C)O)C2)cc1NC1CCN(c2ccccc2C#N)CC1.Cc1cc(C)c(C(=O)N2CCN(c3ccccc3)[C@H](C(C)(C)O)C2)cc1NC1CCN(c2ccccc2C#N)CC1.Cc1ccc(NC2CCN(c3ccccc3C#N)CC2)cc1C(=O)N1CCN(c2ccccc2S(N)(=O)=O)CC1. The fourth-order valence-corrected chi connectivity index (χ4v) is 18.8. The summed E-state index contributed by atoms with van der Waals surface area (Å²) in [5, 5.41) is 67.1. The van der Waals surface area contributed by atoms with Crippen LogP contribution in [-0.4, -0.2) is 197 Å². The lowest BCUT2D eigenvalue weighted by Gasteiger charge is -2.47. The Balaban J connectivity index is 0.000000158. The quantitative estimate of drug-likeness (QED) is 0.0465. The van der Waals surface area contributed by atoms with Crippen molar-refractivity contribution in [2.75, 3.05) is 150 Å². The third kappa shape index (κ3) is 20.9. The van der Waals surface area contributed by atoms with E-state index in [0.29, 0.717) is 117 Å². The van der Waals surface area contributed by atoms with E-state index in [9.17, 15) is 48.8 Å². The minimum Gasteiger partial charge on any atom is -0.388 e. The molecular weight excluding hydrogens is 1550 g/mol. The van der Waals surface area contributed by atoms with Crippen LogP contribution in [0.25, 0.3) is 0 Å².